The number of hydrogen-bond donors (Lipinski definition) is 1. The Bertz CT molecular complexity index is 892. The Labute approximate surface area is 188 Å². The third kappa shape index (κ3) is 7.22. The van der Waals surface area contributed by atoms with E-state index in [-0.39, 0.29) is 25.0 Å². The van der Waals surface area contributed by atoms with Crippen molar-refractivity contribution < 1.29 is 14.3 Å². The van der Waals surface area contributed by atoms with Gasteiger partial charge in [0.05, 0.1) is 10.0 Å². The molecule has 2 rings (SSSR count). The number of amides is 2. The molecule has 0 aliphatic carbocycles. The third-order valence-corrected chi connectivity index (χ3v) is 5.12. The van der Waals surface area contributed by atoms with Gasteiger partial charge in [-0.1, -0.05) is 47.0 Å². The summed E-state index contributed by atoms with van der Waals surface area (Å²) in [4.78, 5) is 27.2. The average molecular weight is 451 g/mol. The Morgan fingerprint density at radius 3 is 2.27 bits per heavy atom. The number of rotatable bonds is 7. The van der Waals surface area contributed by atoms with Crippen LogP contribution in [0.1, 0.15) is 38.8 Å². The maximum Gasteiger partial charge on any atom is 0.261 e. The van der Waals surface area contributed by atoms with Gasteiger partial charge in [-0.05, 0) is 64.4 Å². The molecule has 7 heteroatoms. The van der Waals surface area contributed by atoms with Crippen molar-refractivity contribution in [2.45, 2.75) is 52.7 Å². The van der Waals surface area contributed by atoms with Crippen molar-refractivity contribution in [3.05, 3.63) is 63.6 Å². The number of nitrogens with one attached hydrogen (secondary N) is 1. The van der Waals surface area contributed by atoms with E-state index in [9.17, 15) is 9.59 Å². The summed E-state index contributed by atoms with van der Waals surface area (Å²) in [6.07, 6.45) is 0. The van der Waals surface area contributed by atoms with Crippen LogP contribution in [0, 0.1) is 6.92 Å². The highest BCUT2D eigenvalue weighted by atomic mass is 35.5. The number of halogens is 2. The first-order valence-electron chi connectivity index (χ1n) is 9.71. The van der Waals surface area contributed by atoms with Crippen LogP contribution in [0.2, 0.25) is 10.0 Å². The summed E-state index contributed by atoms with van der Waals surface area (Å²) in [5.41, 5.74) is 1.45. The largest absolute Gasteiger partial charge is 0.484 e. The average Bonchev–Trinajstić information content (AvgIpc) is 2.66. The summed E-state index contributed by atoms with van der Waals surface area (Å²) in [5, 5.41) is 3.74. The molecule has 0 heterocycles. The molecule has 0 aliphatic heterocycles. The number of carbonyl (C=O) groups excluding carboxylic acids is 2. The van der Waals surface area contributed by atoms with E-state index >= 15 is 0 Å². The standard InChI is InChI=1S/C23H28Cl2N2O3/c1-15-6-9-18(10-7-15)30-14-21(28)27(16(2)22(29)26-23(3,4)5)13-17-8-11-19(24)20(25)12-17/h6-12,16H,13-14H2,1-5H3,(H,26,29)/t16-/m1/s1. The van der Waals surface area contributed by atoms with E-state index in [1.807, 2.05) is 52.0 Å². The monoisotopic (exact) mass is 450 g/mol. The molecule has 2 aromatic rings. The molecule has 0 fully saturated rings. The van der Waals surface area contributed by atoms with Gasteiger partial charge in [0.1, 0.15) is 11.8 Å². The van der Waals surface area contributed by atoms with Crippen molar-refractivity contribution in [3.8, 4) is 5.75 Å². The predicted molar refractivity (Wildman–Crippen MR) is 121 cm³/mol. The van der Waals surface area contributed by atoms with Crippen LogP contribution in [-0.2, 0) is 16.1 Å². The topological polar surface area (TPSA) is 58.6 Å². The van der Waals surface area contributed by atoms with E-state index in [0.717, 1.165) is 11.1 Å². The lowest BCUT2D eigenvalue weighted by Crippen LogP contribution is -2.53. The van der Waals surface area contributed by atoms with Crippen LogP contribution in [0.25, 0.3) is 0 Å². The molecule has 0 saturated heterocycles. The van der Waals surface area contributed by atoms with Gasteiger partial charge in [0.15, 0.2) is 6.61 Å². The van der Waals surface area contributed by atoms with Gasteiger partial charge in [0.25, 0.3) is 5.91 Å². The fraction of sp³-hybridized carbons (Fsp3) is 0.391. The van der Waals surface area contributed by atoms with Crippen LogP contribution < -0.4 is 10.1 Å². The molecule has 0 bridgehead atoms. The van der Waals surface area contributed by atoms with Crippen molar-refractivity contribution in [1.82, 2.24) is 10.2 Å². The third-order valence-electron chi connectivity index (χ3n) is 4.39. The quantitative estimate of drug-likeness (QED) is 0.644. The molecule has 1 atom stereocenters. The molecular formula is C23H28Cl2N2O3. The molecule has 0 saturated carbocycles. The second-order valence-electron chi connectivity index (χ2n) is 8.29. The number of carbonyl (C=O) groups is 2. The van der Waals surface area contributed by atoms with Gasteiger partial charge in [-0.3, -0.25) is 9.59 Å². The van der Waals surface area contributed by atoms with E-state index in [1.165, 1.54) is 4.90 Å². The van der Waals surface area contributed by atoms with Gasteiger partial charge in [-0.15, -0.1) is 0 Å². The maximum atomic E-state index is 13.0. The summed E-state index contributed by atoms with van der Waals surface area (Å²) in [6.45, 7) is 9.37. The molecule has 30 heavy (non-hydrogen) atoms. The van der Waals surface area contributed by atoms with Gasteiger partial charge < -0.3 is 15.0 Å². The van der Waals surface area contributed by atoms with Crippen LogP contribution >= 0.6 is 23.2 Å². The predicted octanol–water partition coefficient (Wildman–Crippen LogP) is 5.01. The van der Waals surface area contributed by atoms with Crippen molar-refractivity contribution in [3.63, 3.8) is 0 Å². The first-order valence-corrected chi connectivity index (χ1v) is 10.5. The Morgan fingerprint density at radius 2 is 1.70 bits per heavy atom. The highest BCUT2D eigenvalue weighted by molar-refractivity contribution is 6.42. The Kier molecular flexibility index (Phi) is 8.16. The van der Waals surface area contributed by atoms with E-state index in [2.05, 4.69) is 5.32 Å². The van der Waals surface area contributed by atoms with Crippen molar-refractivity contribution in [2.24, 2.45) is 0 Å². The Hall–Kier alpha value is -2.24. The van der Waals surface area contributed by atoms with Gasteiger partial charge in [0, 0.05) is 12.1 Å². The van der Waals surface area contributed by atoms with Gasteiger partial charge in [0.2, 0.25) is 5.91 Å². The number of nitrogens with zero attached hydrogens (tertiary/aromatic N) is 1. The number of hydrogen-bond acceptors (Lipinski definition) is 3. The minimum Gasteiger partial charge on any atom is -0.484 e. The van der Waals surface area contributed by atoms with E-state index < -0.39 is 11.6 Å². The lowest BCUT2D eigenvalue weighted by atomic mass is 10.1. The van der Waals surface area contributed by atoms with Crippen LogP contribution in [0.3, 0.4) is 0 Å². The first-order chi connectivity index (χ1) is 14.0. The zero-order valence-electron chi connectivity index (χ0n) is 18.0. The van der Waals surface area contributed by atoms with E-state index in [1.54, 1.807) is 25.1 Å². The molecule has 1 N–H and O–H groups in total. The molecule has 5 nitrogen and oxygen atoms in total. The lowest BCUT2D eigenvalue weighted by Gasteiger charge is -2.31. The molecule has 0 aromatic heterocycles. The smallest absolute Gasteiger partial charge is 0.261 e. The van der Waals surface area contributed by atoms with Gasteiger partial charge >= 0.3 is 0 Å². The van der Waals surface area contributed by atoms with Crippen LogP contribution in [0.15, 0.2) is 42.5 Å². The highest BCUT2D eigenvalue weighted by Gasteiger charge is 2.28. The molecule has 2 aromatic carbocycles. The maximum absolute atomic E-state index is 13.0. The summed E-state index contributed by atoms with van der Waals surface area (Å²) in [6, 6.07) is 11.9. The zero-order valence-corrected chi connectivity index (χ0v) is 19.5. The fourth-order valence-electron chi connectivity index (χ4n) is 2.75. The van der Waals surface area contributed by atoms with Crippen LogP contribution in [-0.4, -0.2) is 34.9 Å². The summed E-state index contributed by atoms with van der Waals surface area (Å²) >= 11 is 12.1. The summed E-state index contributed by atoms with van der Waals surface area (Å²) in [7, 11) is 0. The Balaban J connectivity index is 2.19. The van der Waals surface area contributed by atoms with Crippen LogP contribution in [0.4, 0.5) is 0 Å². The molecule has 0 spiro atoms. The van der Waals surface area contributed by atoms with Gasteiger partial charge in [-0.25, -0.2) is 0 Å². The lowest BCUT2D eigenvalue weighted by molar-refractivity contribution is -0.142. The second-order valence-corrected chi connectivity index (χ2v) is 9.10. The second kappa shape index (κ2) is 10.2. The molecule has 0 aliphatic rings. The van der Waals surface area contributed by atoms with Crippen LogP contribution in [0.5, 0.6) is 5.75 Å². The number of aryl methyl sites for hydroxylation is 1. The highest BCUT2D eigenvalue weighted by Crippen LogP contribution is 2.24. The SMILES string of the molecule is Cc1ccc(OCC(=O)N(Cc2ccc(Cl)c(Cl)c2)[C@H](C)C(=O)NC(C)(C)C)cc1. The van der Waals surface area contributed by atoms with E-state index in [4.69, 9.17) is 27.9 Å². The molecule has 0 radical (unpaired) electrons. The number of benzene rings is 2. The van der Waals surface area contributed by atoms with Gasteiger partial charge in [-0.2, -0.15) is 0 Å². The van der Waals surface area contributed by atoms with Crippen molar-refractivity contribution in [2.75, 3.05) is 6.61 Å². The first kappa shape index (κ1) is 24.0. The van der Waals surface area contributed by atoms with Crippen molar-refractivity contribution in [1.29, 1.82) is 0 Å². The summed E-state index contributed by atoms with van der Waals surface area (Å²) < 4.78 is 5.65. The minimum atomic E-state index is -0.701. The fourth-order valence-corrected chi connectivity index (χ4v) is 3.07. The Morgan fingerprint density at radius 1 is 1.07 bits per heavy atom. The van der Waals surface area contributed by atoms with E-state index in [0.29, 0.717) is 15.8 Å². The zero-order chi connectivity index (χ0) is 22.5. The number of ether oxygens (including phenoxy) is 1. The normalized spacial score (nSPS) is 12.2. The summed E-state index contributed by atoms with van der Waals surface area (Å²) in [5.74, 6) is 0.0414. The molecule has 2 amide bonds. The molecule has 0 unspecified atom stereocenters. The molecular weight excluding hydrogens is 423 g/mol. The van der Waals surface area contributed by atoms with Crippen molar-refractivity contribution >= 4 is 35.0 Å². The molecule has 162 valence electrons. The minimum absolute atomic E-state index is 0.183.